The molecule has 3 rings (SSSR count). The quantitative estimate of drug-likeness (QED) is 0.773. The van der Waals surface area contributed by atoms with Gasteiger partial charge in [0, 0.05) is 23.1 Å². The zero-order valence-corrected chi connectivity index (χ0v) is 14.9. The van der Waals surface area contributed by atoms with Crippen molar-refractivity contribution in [3.8, 4) is 11.4 Å². The highest BCUT2D eigenvalue weighted by Crippen LogP contribution is 2.30. The van der Waals surface area contributed by atoms with Gasteiger partial charge in [0.2, 0.25) is 11.7 Å². The first kappa shape index (κ1) is 19.4. The molecule has 1 aromatic heterocycles. The zero-order valence-electron chi connectivity index (χ0n) is 13.3. The molecule has 1 aromatic carbocycles. The lowest BCUT2D eigenvalue weighted by atomic mass is 9.84. The number of aliphatic carboxylic acids is 1. The Morgan fingerprint density at radius 1 is 1.40 bits per heavy atom. The van der Waals surface area contributed by atoms with Gasteiger partial charge in [-0.25, -0.2) is 4.79 Å². The van der Waals surface area contributed by atoms with Crippen LogP contribution in [0.15, 0.2) is 27.2 Å². The minimum atomic E-state index is -5.08. The summed E-state index contributed by atoms with van der Waals surface area (Å²) >= 11 is 3.52. The number of nitrogens with zero attached hydrogens (tertiary/aromatic N) is 2. The Kier molecular flexibility index (Phi) is 5.52. The first-order chi connectivity index (χ1) is 11.5. The SMILES string of the molecule is Cc1c(Br)cccc1-c1noc(C2(C)CNC2)n1.O=C(O)C(F)(F)F. The smallest absolute Gasteiger partial charge is 0.475 e. The average Bonchev–Trinajstić information content (AvgIpc) is 2.97. The zero-order chi connectivity index (χ0) is 18.8. The molecule has 0 atom stereocenters. The first-order valence-electron chi connectivity index (χ1n) is 7.15. The highest BCUT2D eigenvalue weighted by Gasteiger charge is 2.39. The number of rotatable bonds is 2. The third-order valence-electron chi connectivity index (χ3n) is 3.72. The van der Waals surface area contributed by atoms with Gasteiger partial charge in [-0.2, -0.15) is 18.2 Å². The molecule has 0 saturated carbocycles. The van der Waals surface area contributed by atoms with Crippen LogP contribution < -0.4 is 5.32 Å². The van der Waals surface area contributed by atoms with E-state index in [1.807, 2.05) is 25.1 Å². The molecule has 6 nitrogen and oxygen atoms in total. The Balaban J connectivity index is 0.000000277. The average molecular weight is 422 g/mol. The number of benzene rings is 1. The van der Waals surface area contributed by atoms with Gasteiger partial charge in [0.1, 0.15) is 0 Å². The molecule has 2 N–H and O–H groups in total. The fourth-order valence-corrected chi connectivity index (χ4v) is 2.45. The normalized spacial score (nSPS) is 15.8. The van der Waals surface area contributed by atoms with E-state index in [-0.39, 0.29) is 5.41 Å². The predicted octanol–water partition coefficient (Wildman–Crippen LogP) is 3.30. The first-order valence-corrected chi connectivity index (χ1v) is 7.94. The van der Waals surface area contributed by atoms with Crippen LogP contribution in [0.5, 0.6) is 0 Å². The second kappa shape index (κ2) is 7.12. The molecular weight excluding hydrogens is 407 g/mol. The maximum Gasteiger partial charge on any atom is 0.490 e. The predicted molar refractivity (Wildman–Crippen MR) is 86.1 cm³/mol. The van der Waals surface area contributed by atoms with E-state index in [0.717, 1.165) is 34.6 Å². The van der Waals surface area contributed by atoms with E-state index < -0.39 is 12.1 Å². The van der Waals surface area contributed by atoms with Crippen LogP contribution in [-0.2, 0) is 10.2 Å². The van der Waals surface area contributed by atoms with Crippen molar-refractivity contribution in [3.05, 3.63) is 34.1 Å². The highest BCUT2D eigenvalue weighted by molar-refractivity contribution is 9.10. The van der Waals surface area contributed by atoms with E-state index in [9.17, 15) is 13.2 Å². The summed E-state index contributed by atoms with van der Waals surface area (Å²) in [6.07, 6.45) is -5.08. The van der Waals surface area contributed by atoms with Crippen molar-refractivity contribution in [2.45, 2.75) is 25.4 Å². The monoisotopic (exact) mass is 421 g/mol. The van der Waals surface area contributed by atoms with Crippen molar-refractivity contribution in [3.63, 3.8) is 0 Å². The van der Waals surface area contributed by atoms with Crippen LogP contribution in [-0.4, -0.2) is 40.5 Å². The summed E-state index contributed by atoms with van der Waals surface area (Å²) in [6, 6.07) is 6.00. The van der Waals surface area contributed by atoms with E-state index >= 15 is 0 Å². The van der Waals surface area contributed by atoms with Crippen LogP contribution in [0.25, 0.3) is 11.4 Å². The summed E-state index contributed by atoms with van der Waals surface area (Å²) in [7, 11) is 0. The Hall–Kier alpha value is -1.94. The van der Waals surface area contributed by atoms with Gasteiger partial charge in [0.05, 0.1) is 5.41 Å². The molecular formula is C15H15BrF3N3O3. The van der Waals surface area contributed by atoms with E-state index in [2.05, 4.69) is 38.3 Å². The molecule has 0 unspecified atom stereocenters. The topological polar surface area (TPSA) is 88.3 Å². The Morgan fingerprint density at radius 3 is 2.48 bits per heavy atom. The molecule has 1 aliphatic rings. The van der Waals surface area contributed by atoms with Gasteiger partial charge in [0.25, 0.3) is 0 Å². The van der Waals surface area contributed by atoms with Gasteiger partial charge in [0.15, 0.2) is 0 Å². The van der Waals surface area contributed by atoms with E-state index in [1.165, 1.54) is 0 Å². The molecule has 1 aliphatic heterocycles. The minimum Gasteiger partial charge on any atom is -0.475 e. The molecule has 0 bridgehead atoms. The van der Waals surface area contributed by atoms with Gasteiger partial charge >= 0.3 is 12.1 Å². The van der Waals surface area contributed by atoms with Gasteiger partial charge in [-0.1, -0.05) is 33.2 Å². The maximum atomic E-state index is 10.6. The molecule has 0 spiro atoms. The lowest BCUT2D eigenvalue weighted by Gasteiger charge is -2.35. The highest BCUT2D eigenvalue weighted by atomic mass is 79.9. The van der Waals surface area contributed by atoms with E-state index in [0.29, 0.717) is 5.82 Å². The minimum absolute atomic E-state index is 0.00876. The number of carbonyl (C=O) groups is 1. The number of carboxylic acid groups (broad SMARTS) is 1. The molecule has 0 aliphatic carbocycles. The van der Waals surface area contributed by atoms with Crippen LogP contribution in [0, 0.1) is 6.92 Å². The second-order valence-electron chi connectivity index (χ2n) is 5.80. The number of hydrogen-bond acceptors (Lipinski definition) is 5. The summed E-state index contributed by atoms with van der Waals surface area (Å²) in [5.74, 6) is -1.37. The van der Waals surface area contributed by atoms with E-state index in [4.69, 9.17) is 14.4 Å². The number of nitrogens with one attached hydrogen (secondary N) is 1. The summed E-state index contributed by atoms with van der Waals surface area (Å²) in [5, 5.41) is 14.5. The van der Waals surface area contributed by atoms with Crippen LogP contribution in [0.2, 0.25) is 0 Å². The summed E-state index contributed by atoms with van der Waals surface area (Å²) in [4.78, 5) is 13.4. The van der Waals surface area contributed by atoms with Crippen LogP contribution in [0.3, 0.4) is 0 Å². The van der Waals surface area contributed by atoms with Crippen LogP contribution in [0.4, 0.5) is 13.2 Å². The van der Waals surface area contributed by atoms with Gasteiger partial charge in [-0.05, 0) is 25.5 Å². The van der Waals surface area contributed by atoms with Gasteiger partial charge < -0.3 is 14.9 Å². The number of halogens is 4. The number of carboxylic acids is 1. The molecule has 1 fully saturated rings. The lowest BCUT2D eigenvalue weighted by molar-refractivity contribution is -0.192. The van der Waals surface area contributed by atoms with Gasteiger partial charge in [-0.3, -0.25) is 0 Å². The maximum absolute atomic E-state index is 10.6. The molecule has 10 heteroatoms. The molecule has 2 heterocycles. The summed E-state index contributed by atoms with van der Waals surface area (Å²) in [6.45, 7) is 5.97. The van der Waals surface area contributed by atoms with Crippen molar-refractivity contribution in [2.75, 3.05) is 13.1 Å². The Morgan fingerprint density at radius 2 is 2.00 bits per heavy atom. The van der Waals surface area contributed by atoms with Crippen molar-refractivity contribution in [1.82, 2.24) is 15.5 Å². The molecule has 0 radical (unpaired) electrons. The Bertz CT molecular complexity index is 773. The van der Waals surface area contributed by atoms with Crippen LogP contribution in [0.1, 0.15) is 18.4 Å². The third kappa shape index (κ3) is 4.37. The third-order valence-corrected chi connectivity index (χ3v) is 4.58. The summed E-state index contributed by atoms with van der Waals surface area (Å²) in [5.41, 5.74) is 2.13. The number of hydrogen-bond donors (Lipinski definition) is 2. The molecule has 2 aromatic rings. The second-order valence-corrected chi connectivity index (χ2v) is 6.66. The van der Waals surface area contributed by atoms with Crippen molar-refractivity contribution >= 4 is 21.9 Å². The fourth-order valence-electron chi connectivity index (χ4n) is 2.08. The van der Waals surface area contributed by atoms with E-state index in [1.54, 1.807) is 0 Å². The molecule has 25 heavy (non-hydrogen) atoms. The molecule has 136 valence electrons. The van der Waals surface area contributed by atoms with Crippen molar-refractivity contribution < 1.29 is 27.6 Å². The summed E-state index contributed by atoms with van der Waals surface area (Å²) < 4.78 is 38.2. The lowest BCUT2D eigenvalue weighted by Crippen LogP contribution is -2.54. The standard InChI is InChI=1S/C13H14BrN3O.C2HF3O2/c1-8-9(4-3-5-10(8)14)11-16-12(18-17-11)13(2)6-15-7-13;3-2(4,5)1(6)7/h3-5,15H,6-7H2,1-2H3;(H,6,7). The fraction of sp³-hybridized carbons (Fsp3) is 0.400. The number of alkyl halides is 3. The van der Waals surface area contributed by atoms with Crippen molar-refractivity contribution in [2.24, 2.45) is 0 Å². The van der Waals surface area contributed by atoms with Crippen LogP contribution >= 0.6 is 15.9 Å². The molecule has 1 saturated heterocycles. The van der Waals surface area contributed by atoms with Gasteiger partial charge in [-0.15, -0.1) is 0 Å². The number of aromatic nitrogens is 2. The molecule has 0 amide bonds. The largest absolute Gasteiger partial charge is 0.490 e. The van der Waals surface area contributed by atoms with Crippen molar-refractivity contribution in [1.29, 1.82) is 0 Å². The Labute approximate surface area is 149 Å².